The minimum Gasteiger partial charge on any atom is -0.840 e. The fourth-order valence-corrected chi connectivity index (χ4v) is 4.46. The SMILES string of the molecule is COc1ccc2nc3cc(Cl)ccc3c(NC(C)CCCNCC([O-])N(CCNCC(=O)[O-])CC(=O)[O-])c2c1. The molecule has 0 saturated heterocycles. The molecule has 12 heteroatoms. The van der Waals surface area contributed by atoms with Crippen LogP contribution in [0.2, 0.25) is 5.02 Å². The third kappa shape index (κ3) is 9.19. The molecule has 1 heterocycles. The van der Waals surface area contributed by atoms with Crippen LogP contribution in [-0.4, -0.2) is 80.5 Å². The molecule has 0 saturated carbocycles. The second-order valence-electron chi connectivity index (χ2n) is 9.27. The number of nitrogens with zero attached hydrogens (tertiary/aromatic N) is 2. The Kier molecular flexibility index (Phi) is 11.5. The fourth-order valence-electron chi connectivity index (χ4n) is 4.29. The lowest BCUT2D eigenvalue weighted by atomic mass is 10.1. The van der Waals surface area contributed by atoms with Crippen molar-refractivity contribution >= 4 is 51.0 Å². The van der Waals surface area contributed by atoms with Gasteiger partial charge in [-0.05, 0) is 69.3 Å². The molecular weight excluding hydrogens is 526 g/mol. The molecule has 2 aromatic carbocycles. The number of hydrogen-bond acceptors (Lipinski definition) is 11. The van der Waals surface area contributed by atoms with Crippen molar-refractivity contribution in [3.8, 4) is 5.75 Å². The quantitative estimate of drug-likeness (QED) is 0.109. The number of carbonyl (C=O) groups excluding carboxylic acids is 2. The molecule has 1 aromatic heterocycles. The first-order valence-electron chi connectivity index (χ1n) is 12.7. The monoisotopic (exact) mass is 558 g/mol. The lowest BCUT2D eigenvalue weighted by Crippen LogP contribution is -2.56. The highest BCUT2D eigenvalue weighted by atomic mass is 35.5. The standard InChI is InChI=1S/C27H35ClN5O6/c1-17(4-3-9-29-14-24(34)33(16-26(37)38)11-10-30-15-25(35)36)31-27-20-7-5-18(28)12-23(20)32-22-8-6-19(39-2)13-21(22)27/h5-8,12-13,17,24,29-30H,3-4,9-11,14-16H2,1-2H3,(H,31,32)(H,35,36)(H,37,38)/q-1/p-2. The highest BCUT2D eigenvalue weighted by Gasteiger charge is 2.14. The van der Waals surface area contributed by atoms with Crippen LogP contribution in [0.5, 0.6) is 5.75 Å². The Morgan fingerprint density at radius 3 is 2.56 bits per heavy atom. The molecular formula is C27H33ClN5O6-3. The van der Waals surface area contributed by atoms with E-state index in [1.165, 1.54) is 4.90 Å². The number of nitrogens with one attached hydrogen (secondary N) is 3. The van der Waals surface area contributed by atoms with Crippen molar-refractivity contribution in [3.63, 3.8) is 0 Å². The van der Waals surface area contributed by atoms with Gasteiger partial charge in [-0.25, -0.2) is 4.98 Å². The van der Waals surface area contributed by atoms with E-state index >= 15 is 0 Å². The molecule has 0 spiro atoms. The van der Waals surface area contributed by atoms with Gasteiger partial charge in [-0.3, -0.25) is 0 Å². The average Bonchev–Trinajstić information content (AvgIpc) is 2.89. The van der Waals surface area contributed by atoms with Crippen LogP contribution in [-0.2, 0) is 9.59 Å². The van der Waals surface area contributed by atoms with Gasteiger partial charge in [0.05, 0.1) is 35.8 Å². The molecule has 0 aliphatic rings. The van der Waals surface area contributed by atoms with E-state index in [2.05, 4.69) is 22.9 Å². The van der Waals surface area contributed by atoms with Gasteiger partial charge in [0.25, 0.3) is 0 Å². The summed E-state index contributed by atoms with van der Waals surface area (Å²) in [7, 11) is 1.62. The minimum atomic E-state index is -1.37. The number of halogens is 1. The zero-order chi connectivity index (χ0) is 28.4. The van der Waals surface area contributed by atoms with Gasteiger partial charge in [0.1, 0.15) is 5.75 Å². The topological polar surface area (TPSA) is 165 Å². The van der Waals surface area contributed by atoms with Crippen molar-refractivity contribution in [2.45, 2.75) is 32.0 Å². The second-order valence-corrected chi connectivity index (χ2v) is 9.71. The number of fused-ring (bicyclic) bond motifs is 2. The van der Waals surface area contributed by atoms with Gasteiger partial charge in [-0.1, -0.05) is 17.8 Å². The van der Waals surface area contributed by atoms with Gasteiger partial charge in [0.2, 0.25) is 0 Å². The highest BCUT2D eigenvalue weighted by molar-refractivity contribution is 6.31. The van der Waals surface area contributed by atoms with Crippen LogP contribution in [0.25, 0.3) is 21.8 Å². The molecule has 0 amide bonds. The molecule has 11 nitrogen and oxygen atoms in total. The van der Waals surface area contributed by atoms with E-state index in [1.54, 1.807) is 7.11 Å². The van der Waals surface area contributed by atoms with E-state index in [4.69, 9.17) is 21.3 Å². The number of rotatable bonds is 17. The van der Waals surface area contributed by atoms with Gasteiger partial charge < -0.3 is 50.5 Å². The first kappa shape index (κ1) is 30.3. The third-order valence-electron chi connectivity index (χ3n) is 6.23. The average molecular weight is 559 g/mol. The first-order valence-corrected chi connectivity index (χ1v) is 13.1. The second kappa shape index (κ2) is 14.8. The summed E-state index contributed by atoms with van der Waals surface area (Å²) in [6, 6.07) is 11.4. The Balaban J connectivity index is 1.55. The maximum absolute atomic E-state index is 12.5. The number of carboxylic acids is 2. The smallest absolute Gasteiger partial charge is 0.119 e. The minimum absolute atomic E-state index is 0.0375. The Morgan fingerprint density at radius 2 is 1.85 bits per heavy atom. The third-order valence-corrected chi connectivity index (χ3v) is 6.46. The Bertz CT molecular complexity index is 1280. The maximum atomic E-state index is 12.5. The normalized spacial score (nSPS) is 13.1. The molecule has 2 atom stereocenters. The highest BCUT2D eigenvalue weighted by Crippen LogP contribution is 2.34. The van der Waals surface area contributed by atoms with Crippen molar-refractivity contribution in [1.82, 2.24) is 20.5 Å². The number of hydrogen-bond donors (Lipinski definition) is 3. The number of aliphatic carboxylic acids is 2. The van der Waals surface area contributed by atoms with E-state index < -0.39 is 24.7 Å². The number of benzene rings is 2. The van der Waals surface area contributed by atoms with Crippen LogP contribution in [0, 0.1) is 0 Å². The zero-order valence-electron chi connectivity index (χ0n) is 22.0. The number of methoxy groups -OCH3 is 1. The molecule has 3 N–H and O–H groups in total. The number of carbonyl (C=O) groups is 2. The lowest BCUT2D eigenvalue weighted by molar-refractivity contribution is -0.456. The molecule has 212 valence electrons. The van der Waals surface area contributed by atoms with Gasteiger partial charge >= 0.3 is 0 Å². The van der Waals surface area contributed by atoms with Crippen LogP contribution in [0.15, 0.2) is 36.4 Å². The van der Waals surface area contributed by atoms with Crippen LogP contribution in [0.4, 0.5) is 5.69 Å². The van der Waals surface area contributed by atoms with E-state index in [0.717, 1.165) is 46.1 Å². The van der Waals surface area contributed by atoms with Gasteiger partial charge in [0.15, 0.2) is 0 Å². The summed E-state index contributed by atoms with van der Waals surface area (Å²) in [4.78, 5) is 27.4. The van der Waals surface area contributed by atoms with Crippen LogP contribution < -0.4 is 36.0 Å². The molecule has 2 unspecified atom stereocenters. The predicted molar refractivity (Wildman–Crippen MR) is 144 cm³/mol. The van der Waals surface area contributed by atoms with E-state index in [0.29, 0.717) is 11.6 Å². The molecule has 3 aromatic rings. The largest absolute Gasteiger partial charge is 0.840 e. The lowest BCUT2D eigenvalue weighted by Gasteiger charge is -2.37. The van der Waals surface area contributed by atoms with Gasteiger partial charge in [0, 0.05) is 48.0 Å². The summed E-state index contributed by atoms with van der Waals surface area (Å²) in [6.07, 6.45) is 0.250. The molecule has 39 heavy (non-hydrogen) atoms. The molecule has 0 aliphatic heterocycles. The number of aromatic nitrogens is 1. The van der Waals surface area contributed by atoms with E-state index in [-0.39, 0.29) is 32.2 Å². The summed E-state index contributed by atoms with van der Waals surface area (Å²) < 4.78 is 5.42. The van der Waals surface area contributed by atoms with Crippen molar-refractivity contribution in [1.29, 1.82) is 0 Å². The van der Waals surface area contributed by atoms with E-state index in [9.17, 15) is 24.9 Å². The maximum Gasteiger partial charge on any atom is 0.119 e. The first-order chi connectivity index (χ1) is 18.7. The van der Waals surface area contributed by atoms with Crippen LogP contribution in [0.3, 0.4) is 0 Å². The van der Waals surface area contributed by atoms with Crippen molar-refractivity contribution in [3.05, 3.63) is 41.4 Å². The van der Waals surface area contributed by atoms with E-state index in [1.807, 2.05) is 36.4 Å². The number of anilines is 1. The number of carboxylic acid groups (broad SMARTS) is 2. The summed E-state index contributed by atoms with van der Waals surface area (Å²) in [5, 5.41) is 45.8. The molecule has 0 aliphatic carbocycles. The number of ether oxygens (including phenoxy) is 1. The van der Waals surface area contributed by atoms with Crippen LogP contribution >= 0.6 is 11.6 Å². The molecule has 0 bridgehead atoms. The predicted octanol–water partition coefficient (Wildman–Crippen LogP) is -0.702. The Morgan fingerprint density at radius 1 is 1.05 bits per heavy atom. The number of pyridine rings is 1. The molecule has 3 rings (SSSR count). The zero-order valence-corrected chi connectivity index (χ0v) is 22.8. The summed E-state index contributed by atoms with van der Waals surface area (Å²) in [6.45, 7) is 1.98. The van der Waals surface area contributed by atoms with Crippen molar-refractivity contribution in [2.75, 3.05) is 51.7 Å². The fraction of sp³-hybridized carbons (Fsp3) is 0.444. The Hall–Kier alpha value is -3.22. The van der Waals surface area contributed by atoms with Crippen molar-refractivity contribution in [2.24, 2.45) is 0 Å². The summed E-state index contributed by atoms with van der Waals surface area (Å²) in [5.41, 5.74) is 2.55. The van der Waals surface area contributed by atoms with Crippen molar-refractivity contribution < 1.29 is 29.6 Å². The van der Waals surface area contributed by atoms with Gasteiger partial charge in [-0.15, -0.1) is 0 Å². The van der Waals surface area contributed by atoms with Gasteiger partial charge in [-0.2, -0.15) is 0 Å². The summed E-state index contributed by atoms with van der Waals surface area (Å²) in [5.74, 6) is -1.92. The Labute approximate surface area is 232 Å². The summed E-state index contributed by atoms with van der Waals surface area (Å²) >= 11 is 6.21. The molecule has 0 radical (unpaired) electrons. The van der Waals surface area contributed by atoms with Crippen LogP contribution in [0.1, 0.15) is 19.8 Å². The molecule has 0 fully saturated rings.